The highest BCUT2D eigenvalue weighted by atomic mass is 35.5. The standard InChI is InChI=1S/C24H26ClN3O2/c25-19-6-5-9-22(14-19)30-23-11-10-18(24(23)29)15-28(16-20-7-1-3-12-26-20)17-21-8-2-4-13-27-21/h1-9,12-14,18,23-24,29H,10-11,15-17H2/t18-,23-,24-/m1/s1. The van der Waals surface area contributed by atoms with Gasteiger partial charge in [-0.25, -0.2) is 0 Å². The highest BCUT2D eigenvalue weighted by molar-refractivity contribution is 6.30. The van der Waals surface area contributed by atoms with Gasteiger partial charge in [0.15, 0.2) is 0 Å². The highest BCUT2D eigenvalue weighted by Gasteiger charge is 2.37. The van der Waals surface area contributed by atoms with Crippen molar-refractivity contribution in [3.05, 3.63) is 89.5 Å². The van der Waals surface area contributed by atoms with Gasteiger partial charge in [0.1, 0.15) is 11.9 Å². The monoisotopic (exact) mass is 423 g/mol. The summed E-state index contributed by atoms with van der Waals surface area (Å²) in [6, 6.07) is 19.2. The molecule has 0 radical (unpaired) electrons. The van der Waals surface area contributed by atoms with E-state index in [2.05, 4.69) is 14.9 Å². The number of hydrogen-bond donors (Lipinski definition) is 1. The number of nitrogens with zero attached hydrogens (tertiary/aromatic N) is 3. The van der Waals surface area contributed by atoms with Crippen LogP contribution in [0.2, 0.25) is 5.02 Å². The normalized spacial score (nSPS) is 21.1. The molecule has 1 saturated carbocycles. The molecule has 2 heterocycles. The summed E-state index contributed by atoms with van der Waals surface area (Å²) < 4.78 is 6.04. The molecule has 4 rings (SSSR count). The van der Waals surface area contributed by atoms with E-state index in [4.69, 9.17) is 16.3 Å². The van der Waals surface area contributed by atoms with Crippen molar-refractivity contribution in [2.75, 3.05) is 6.54 Å². The number of aliphatic hydroxyl groups is 1. The number of benzene rings is 1. The maximum Gasteiger partial charge on any atom is 0.125 e. The number of halogens is 1. The first-order valence-corrected chi connectivity index (χ1v) is 10.7. The molecule has 1 aliphatic rings. The van der Waals surface area contributed by atoms with Crippen LogP contribution in [-0.2, 0) is 13.1 Å². The molecule has 3 atom stereocenters. The summed E-state index contributed by atoms with van der Waals surface area (Å²) in [4.78, 5) is 11.2. The lowest BCUT2D eigenvalue weighted by Gasteiger charge is -2.27. The lowest BCUT2D eigenvalue weighted by atomic mass is 10.0. The van der Waals surface area contributed by atoms with Gasteiger partial charge in [-0.3, -0.25) is 14.9 Å². The molecule has 6 heteroatoms. The lowest BCUT2D eigenvalue weighted by molar-refractivity contribution is 0.0227. The van der Waals surface area contributed by atoms with Crippen LogP contribution in [0.3, 0.4) is 0 Å². The maximum absolute atomic E-state index is 10.9. The van der Waals surface area contributed by atoms with Gasteiger partial charge in [-0.15, -0.1) is 0 Å². The summed E-state index contributed by atoms with van der Waals surface area (Å²) in [6.45, 7) is 2.17. The van der Waals surface area contributed by atoms with E-state index in [1.807, 2.05) is 67.0 Å². The fourth-order valence-corrected chi connectivity index (χ4v) is 4.20. The van der Waals surface area contributed by atoms with Crippen molar-refractivity contribution in [1.82, 2.24) is 14.9 Å². The van der Waals surface area contributed by atoms with Gasteiger partial charge < -0.3 is 9.84 Å². The number of aromatic nitrogens is 2. The van der Waals surface area contributed by atoms with Crippen LogP contribution in [0.25, 0.3) is 0 Å². The van der Waals surface area contributed by atoms with Crippen molar-refractivity contribution in [3.8, 4) is 5.75 Å². The van der Waals surface area contributed by atoms with Crippen molar-refractivity contribution in [2.45, 2.75) is 38.1 Å². The molecule has 3 aromatic rings. The Hall–Kier alpha value is -2.47. The number of hydrogen-bond acceptors (Lipinski definition) is 5. The average molecular weight is 424 g/mol. The molecule has 0 spiro atoms. The fourth-order valence-electron chi connectivity index (χ4n) is 4.02. The molecule has 1 aliphatic carbocycles. The van der Waals surface area contributed by atoms with Crippen molar-refractivity contribution in [2.24, 2.45) is 5.92 Å². The molecular formula is C24H26ClN3O2. The molecule has 0 aliphatic heterocycles. The smallest absolute Gasteiger partial charge is 0.125 e. The van der Waals surface area contributed by atoms with Gasteiger partial charge in [0, 0.05) is 43.0 Å². The van der Waals surface area contributed by atoms with E-state index in [0.717, 1.165) is 30.8 Å². The number of aliphatic hydroxyl groups excluding tert-OH is 1. The first-order valence-electron chi connectivity index (χ1n) is 10.3. The van der Waals surface area contributed by atoms with Crippen molar-refractivity contribution in [3.63, 3.8) is 0 Å². The van der Waals surface area contributed by atoms with E-state index in [0.29, 0.717) is 23.9 Å². The Morgan fingerprint density at radius 3 is 2.23 bits per heavy atom. The lowest BCUT2D eigenvalue weighted by Crippen LogP contribution is -2.37. The molecule has 5 nitrogen and oxygen atoms in total. The molecule has 30 heavy (non-hydrogen) atoms. The predicted octanol–water partition coefficient (Wildman–Crippen LogP) is 4.35. The van der Waals surface area contributed by atoms with Crippen LogP contribution in [0, 0.1) is 5.92 Å². The molecule has 1 aromatic carbocycles. The third-order valence-electron chi connectivity index (χ3n) is 5.49. The quantitative estimate of drug-likeness (QED) is 0.583. The number of ether oxygens (including phenoxy) is 1. The molecule has 156 valence electrons. The Balaban J connectivity index is 1.42. The van der Waals surface area contributed by atoms with Crippen LogP contribution in [-0.4, -0.2) is 38.7 Å². The molecule has 1 fully saturated rings. The maximum atomic E-state index is 10.9. The largest absolute Gasteiger partial charge is 0.488 e. The van der Waals surface area contributed by atoms with E-state index in [1.54, 1.807) is 6.07 Å². The average Bonchev–Trinajstić information content (AvgIpc) is 3.09. The Morgan fingerprint density at radius 2 is 1.63 bits per heavy atom. The van der Waals surface area contributed by atoms with E-state index in [9.17, 15) is 5.11 Å². The Bertz CT molecular complexity index is 885. The molecule has 2 aromatic heterocycles. The van der Waals surface area contributed by atoms with Gasteiger partial charge >= 0.3 is 0 Å². The Kier molecular flexibility index (Phi) is 6.95. The highest BCUT2D eigenvalue weighted by Crippen LogP contribution is 2.31. The molecule has 0 bridgehead atoms. The molecule has 0 saturated heterocycles. The van der Waals surface area contributed by atoms with Crippen molar-refractivity contribution < 1.29 is 9.84 Å². The van der Waals surface area contributed by atoms with Crippen LogP contribution in [0.15, 0.2) is 73.1 Å². The van der Waals surface area contributed by atoms with Crippen molar-refractivity contribution >= 4 is 11.6 Å². The Labute approximate surface area is 182 Å². The topological polar surface area (TPSA) is 58.5 Å². The zero-order valence-corrected chi connectivity index (χ0v) is 17.5. The fraction of sp³-hybridized carbons (Fsp3) is 0.333. The zero-order chi connectivity index (χ0) is 20.8. The molecular weight excluding hydrogens is 398 g/mol. The first kappa shape index (κ1) is 20.8. The molecule has 1 N–H and O–H groups in total. The van der Waals surface area contributed by atoms with Crippen LogP contribution in [0.5, 0.6) is 5.75 Å². The van der Waals surface area contributed by atoms with Crippen LogP contribution in [0.1, 0.15) is 24.2 Å². The summed E-state index contributed by atoms with van der Waals surface area (Å²) in [5, 5.41) is 11.6. The van der Waals surface area contributed by atoms with Crippen molar-refractivity contribution in [1.29, 1.82) is 0 Å². The summed E-state index contributed by atoms with van der Waals surface area (Å²) in [7, 11) is 0. The van der Waals surface area contributed by atoms with Gasteiger partial charge in [-0.2, -0.15) is 0 Å². The van der Waals surface area contributed by atoms with Gasteiger partial charge in [-0.05, 0) is 55.3 Å². The van der Waals surface area contributed by atoms with Gasteiger partial charge in [-0.1, -0.05) is 29.8 Å². The number of pyridine rings is 2. The second-order valence-corrected chi connectivity index (χ2v) is 8.19. The summed E-state index contributed by atoms with van der Waals surface area (Å²) in [5.74, 6) is 0.827. The van der Waals surface area contributed by atoms with E-state index >= 15 is 0 Å². The van der Waals surface area contributed by atoms with Crippen LogP contribution in [0.4, 0.5) is 0 Å². The second kappa shape index (κ2) is 10.0. The molecule has 0 unspecified atom stereocenters. The van der Waals surface area contributed by atoms with E-state index in [-0.39, 0.29) is 12.0 Å². The Morgan fingerprint density at radius 1 is 0.933 bits per heavy atom. The van der Waals surface area contributed by atoms with Gasteiger partial charge in [0.05, 0.1) is 17.5 Å². The predicted molar refractivity (Wildman–Crippen MR) is 117 cm³/mol. The summed E-state index contributed by atoms with van der Waals surface area (Å²) in [6.07, 6.45) is 4.60. The van der Waals surface area contributed by atoms with E-state index < -0.39 is 6.10 Å². The third kappa shape index (κ3) is 5.57. The SMILES string of the molecule is O[C@@H]1[C@@H](CN(Cc2ccccn2)Cc2ccccn2)CC[C@H]1Oc1cccc(Cl)c1. The molecule has 0 amide bonds. The summed E-state index contributed by atoms with van der Waals surface area (Å²) in [5.41, 5.74) is 2.01. The second-order valence-electron chi connectivity index (χ2n) is 7.75. The zero-order valence-electron chi connectivity index (χ0n) is 16.8. The minimum Gasteiger partial charge on any atom is -0.488 e. The minimum absolute atomic E-state index is 0.126. The van der Waals surface area contributed by atoms with Gasteiger partial charge in [0.2, 0.25) is 0 Å². The van der Waals surface area contributed by atoms with Crippen LogP contribution < -0.4 is 4.74 Å². The van der Waals surface area contributed by atoms with Gasteiger partial charge in [0.25, 0.3) is 0 Å². The van der Waals surface area contributed by atoms with E-state index in [1.165, 1.54) is 0 Å². The first-order chi connectivity index (χ1) is 14.7. The third-order valence-corrected chi connectivity index (χ3v) is 5.72. The number of rotatable bonds is 8. The van der Waals surface area contributed by atoms with Crippen LogP contribution >= 0.6 is 11.6 Å². The minimum atomic E-state index is -0.529. The summed E-state index contributed by atoms with van der Waals surface area (Å²) >= 11 is 6.06.